The minimum absolute atomic E-state index is 0.181. The van der Waals surface area contributed by atoms with Crippen LogP contribution in [0.3, 0.4) is 0 Å². The highest BCUT2D eigenvalue weighted by Crippen LogP contribution is 2.25. The Morgan fingerprint density at radius 1 is 0.972 bits per heavy atom. The third-order valence-corrected chi connectivity index (χ3v) is 5.98. The Balaban J connectivity index is 1.74. The Labute approximate surface area is 207 Å². The van der Waals surface area contributed by atoms with Crippen molar-refractivity contribution < 1.29 is 14.3 Å². The summed E-state index contributed by atoms with van der Waals surface area (Å²) in [5.74, 6) is 0.586. The monoisotopic (exact) mass is 491 g/mol. The molecule has 10 heteroatoms. The molecule has 0 spiro atoms. The van der Waals surface area contributed by atoms with Gasteiger partial charge < -0.3 is 14.8 Å². The first kappa shape index (κ1) is 24.8. The van der Waals surface area contributed by atoms with Gasteiger partial charge >= 0.3 is 5.69 Å². The average Bonchev–Trinajstić information content (AvgIpc) is 3.23. The molecule has 2 aromatic heterocycles. The lowest BCUT2D eigenvalue weighted by molar-refractivity contribution is -0.116. The molecule has 0 aliphatic heterocycles. The van der Waals surface area contributed by atoms with E-state index in [4.69, 9.17) is 9.47 Å². The maximum absolute atomic E-state index is 13.5. The van der Waals surface area contributed by atoms with E-state index in [0.29, 0.717) is 46.9 Å². The predicted octanol–water partition coefficient (Wildman–Crippen LogP) is 2.59. The van der Waals surface area contributed by atoms with Crippen molar-refractivity contribution in [3.63, 3.8) is 0 Å². The average molecular weight is 492 g/mol. The van der Waals surface area contributed by atoms with Crippen molar-refractivity contribution in [3.05, 3.63) is 80.6 Å². The summed E-state index contributed by atoms with van der Waals surface area (Å²) in [4.78, 5) is 40.0. The van der Waals surface area contributed by atoms with E-state index in [0.717, 1.165) is 5.56 Å². The van der Waals surface area contributed by atoms with E-state index < -0.39 is 17.2 Å². The zero-order valence-corrected chi connectivity index (χ0v) is 20.8. The van der Waals surface area contributed by atoms with Crippen LogP contribution in [-0.4, -0.2) is 39.0 Å². The van der Waals surface area contributed by atoms with Crippen LogP contribution < -0.4 is 26.0 Å². The maximum Gasteiger partial charge on any atom is 0.332 e. The zero-order chi connectivity index (χ0) is 25.8. The number of anilines is 1. The van der Waals surface area contributed by atoms with E-state index in [1.807, 2.05) is 37.3 Å². The number of carbonyl (C=O) groups is 1. The summed E-state index contributed by atoms with van der Waals surface area (Å²) in [5, 5.41) is 7.24. The Kier molecular flexibility index (Phi) is 7.23. The van der Waals surface area contributed by atoms with Gasteiger partial charge in [0.15, 0.2) is 5.52 Å². The predicted molar refractivity (Wildman–Crippen MR) is 137 cm³/mol. The number of methoxy groups -OCH3 is 2. The van der Waals surface area contributed by atoms with Crippen LogP contribution in [0.2, 0.25) is 0 Å². The molecule has 0 saturated heterocycles. The first-order valence-corrected chi connectivity index (χ1v) is 11.6. The number of ether oxygens (including phenoxy) is 2. The van der Waals surface area contributed by atoms with Gasteiger partial charge in [-0.1, -0.05) is 30.3 Å². The molecule has 0 radical (unpaired) electrons. The van der Waals surface area contributed by atoms with Crippen molar-refractivity contribution in [2.45, 2.75) is 39.9 Å². The van der Waals surface area contributed by atoms with Crippen LogP contribution >= 0.6 is 0 Å². The van der Waals surface area contributed by atoms with Crippen LogP contribution in [0.4, 0.5) is 5.69 Å². The van der Waals surface area contributed by atoms with Crippen LogP contribution in [-0.2, 0) is 30.8 Å². The second-order valence-corrected chi connectivity index (χ2v) is 8.31. The number of benzene rings is 2. The fourth-order valence-electron chi connectivity index (χ4n) is 4.24. The van der Waals surface area contributed by atoms with Crippen molar-refractivity contribution in [1.29, 1.82) is 0 Å². The number of carbonyl (C=O) groups excluding carboxylic acids is 1. The van der Waals surface area contributed by atoms with Gasteiger partial charge in [-0.2, -0.15) is 5.10 Å². The van der Waals surface area contributed by atoms with Gasteiger partial charge in [0.1, 0.15) is 23.6 Å². The molecule has 2 heterocycles. The molecule has 0 bridgehead atoms. The first-order valence-electron chi connectivity index (χ1n) is 11.6. The fraction of sp³-hybridized carbons (Fsp3) is 0.308. The molecule has 1 amide bonds. The van der Waals surface area contributed by atoms with E-state index >= 15 is 0 Å². The van der Waals surface area contributed by atoms with E-state index in [1.54, 1.807) is 29.8 Å². The van der Waals surface area contributed by atoms with Crippen LogP contribution in [0.25, 0.3) is 11.0 Å². The molecule has 2 aromatic carbocycles. The second kappa shape index (κ2) is 10.5. The van der Waals surface area contributed by atoms with Crippen molar-refractivity contribution in [2.75, 3.05) is 19.5 Å². The van der Waals surface area contributed by atoms with E-state index in [1.165, 1.54) is 23.4 Å². The molecule has 0 fully saturated rings. The minimum Gasteiger partial charge on any atom is -0.497 e. The molecule has 0 aliphatic rings. The summed E-state index contributed by atoms with van der Waals surface area (Å²) >= 11 is 0. The van der Waals surface area contributed by atoms with Gasteiger partial charge in [0.2, 0.25) is 5.91 Å². The Hall–Kier alpha value is -4.34. The topological polar surface area (TPSA) is 109 Å². The molecule has 0 atom stereocenters. The summed E-state index contributed by atoms with van der Waals surface area (Å²) in [6.45, 7) is 3.93. The SMILES string of the molecule is CCn1nc(C)c2c1c(=O)n(CCc1ccccc1)c(=O)n2CC(=O)Nc1cc(OC)cc(OC)c1. The van der Waals surface area contributed by atoms with Crippen molar-refractivity contribution >= 4 is 22.6 Å². The van der Waals surface area contributed by atoms with Gasteiger partial charge in [-0.25, -0.2) is 4.79 Å². The standard InChI is InChI=1S/C26H29N5O5/c1-5-31-24-23(17(2)28-31)30(16-22(32)27-19-13-20(35-3)15-21(14-19)36-4)26(34)29(25(24)33)12-11-18-9-7-6-8-10-18/h6-10,13-15H,5,11-12,16H2,1-4H3,(H,27,32). The summed E-state index contributed by atoms with van der Waals surface area (Å²) in [6, 6.07) is 14.6. The highest BCUT2D eigenvalue weighted by atomic mass is 16.5. The highest BCUT2D eigenvalue weighted by Gasteiger charge is 2.21. The summed E-state index contributed by atoms with van der Waals surface area (Å²) in [6.07, 6.45) is 0.497. The van der Waals surface area contributed by atoms with E-state index in [-0.39, 0.29) is 13.1 Å². The van der Waals surface area contributed by atoms with Crippen LogP contribution in [0.5, 0.6) is 11.5 Å². The number of amides is 1. The highest BCUT2D eigenvalue weighted by molar-refractivity contribution is 5.92. The van der Waals surface area contributed by atoms with Gasteiger partial charge in [-0.15, -0.1) is 0 Å². The molecule has 4 aromatic rings. The summed E-state index contributed by atoms with van der Waals surface area (Å²) in [5.41, 5.74) is 1.66. The van der Waals surface area contributed by atoms with Gasteiger partial charge in [0.05, 0.1) is 19.9 Å². The molecule has 1 N–H and O–H groups in total. The molecule has 0 aliphatic carbocycles. The van der Waals surface area contributed by atoms with Gasteiger partial charge in [-0.05, 0) is 25.8 Å². The largest absolute Gasteiger partial charge is 0.497 e. The lowest BCUT2D eigenvalue weighted by Crippen LogP contribution is -2.42. The molecular weight excluding hydrogens is 462 g/mol. The van der Waals surface area contributed by atoms with Gasteiger partial charge in [-0.3, -0.25) is 23.4 Å². The number of aromatic nitrogens is 4. The Morgan fingerprint density at radius 3 is 2.25 bits per heavy atom. The first-order chi connectivity index (χ1) is 17.4. The maximum atomic E-state index is 13.5. The normalized spacial score (nSPS) is 11.0. The molecule has 188 valence electrons. The number of hydrogen-bond acceptors (Lipinski definition) is 6. The lowest BCUT2D eigenvalue weighted by Gasteiger charge is -2.14. The number of rotatable bonds is 9. The van der Waals surface area contributed by atoms with Crippen molar-refractivity contribution in [1.82, 2.24) is 18.9 Å². The van der Waals surface area contributed by atoms with Crippen LogP contribution in [0.15, 0.2) is 58.1 Å². The van der Waals surface area contributed by atoms with Crippen LogP contribution in [0, 0.1) is 6.92 Å². The zero-order valence-electron chi connectivity index (χ0n) is 20.8. The van der Waals surface area contributed by atoms with Gasteiger partial charge in [0.25, 0.3) is 5.56 Å². The lowest BCUT2D eigenvalue weighted by atomic mass is 10.1. The van der Waals surface area contributed by atoms with E-state index in [9.17, 15) is 14.4 Å². The Bertz CT molecular complexity index is 1500. The molecular formula is C26H29N5O5. The van der Waals surface area contributed by atoms with Crippen molar-refractivity contribution in [3.8, 4) is 11.5 Å². The molecule has 0 saturated carbocycles. The fourth-order valence-corrected chi connectivity index (χ4v) is 4.24. The smallest absolute Gasteiger partial charge is 0.332 e. The second-order valence-electron chi connectivity index (χ2n) is 8.31. The third kappa shape index (κ3) is 4.88. The summed E-state index contributed by atoms with van der Waals surface area (Å²) < 4.78 is 14.6. The molecule has 10 nitrogen and oxygen atoms in total. The number of nitrogens with zero attached hydrogens (tertiary/aromatic N) is 4. The summed E-state index contributed by atoms with van der Waals surface area (Å²) in [7, 11) is 3.03. The number of aryl methyl sites for hydroxylation is 3. The third-order valence-electron chi connectivity index (χ3n) is 5.98. The minimum atomic E-state index is -0.555. The van der Waals surface area contributed by atoms with Crippen LogP contribution in [0.1, 0.15) is 18.2 Å². The van der Waals surface area contributed by atoms with E-state index in [2.05, 4.69) is 10.4 Å². The molecule has 36 heavy (non-hydrogen) atoms. The number of hydrogen-bond donors (Lipinski definition) is 1. The van der Waals surface area contributed by atoms with Gasteiger partial charge in [0, 0.05) is 37.0 Å². The van der Waals surface area contributed by atoms with Crippen molar-refractivity contribution in [2.24, 2.45) is 0 Å². The molecule has 4 rings (SSSR count). The number of nitrogens with one attached hydrogen (secondary N) is 1. The molecule has 0 unspecified atom stereocenters. The number of fused-ring (bicyclic) bond motifs is 1. The Morgan fingerprint density at radius 2 is 1.64 bits per heavy atom. The quantitative estimate of drug-likeness (QED) is 0.386.